The summed E-state index contributed by atoms with van der Waals surface area (Å²) in [7, 11) is 1.96. The maximum atomic E-state index is 12.6. The summed E-state index contributed by atoms with van der Waals surface area (Å²) in [6, 6.07) is 8.07. The van der Waals surface area contributed by atoms with Crippen molar-refractivity contribution in [3.05, 3.63) is 42.4 Å². The fourth-order valence-electron chi connectivity index (χ4n) is 3.26. The number of aryl methyl sites for hydroxylation is 1. The maximum Gasteiger partial charge on any atom is 0.230 e. The van der Waals surface area contributed by atoms with E-state index in [1.807, 2.05) is 50.6 Å². The van der Waals surface area contributed by atoms with Gasteiger partial charge in [-0.1, -0.05) is 36.5 Å². The summed E-state index contributed by atoms with van der Waals surface area (Å²) in [4.78, 5) is 27.2. The molecule has 4 aromatic rings. The lowest BCUT2D eigenvalue weighted by Crippen LogP contribution is -2.40. The van der Waals surface area contributed by atoms with E-state index < -0.39 is 5.41 Å². The number of imidazole rings is 1. The van der Waals surface area contributed by atoms with Crippen molar-refractivity contribution in [2.24, 2.45) is 7.05 Å². The molecule has 0 spiro atoms. The van der Waals surface area contributed by atoms with Gasteiger partial charge >= 0.3 is 0 Å². The zero-order valence-corrected chi connectivity index (χ0v) is 17.3. The summed E-state index contributed by atoms with van der Waals surface area (Å²) >= 11 is 1.56. The highest BCUT2D eigenvalue weighted by atomic mass is 32.1. The number of nitrogens with zero attached hydrogens (tertiary/aromatic N) is 4. The highest BCUT2D eigenvalue weighted by Gasteiger charge is 2.29. The van der Waals surface area contributed by atoms with Gasteiger partial charge in [-0.2, -0.15) is 0 Å². The highest BCUT2D eigenvalue weighted by Crippen LogP contribution is 2.34. The number of rotatable bonds is 5. The molecular weight excluding hydrogens is 370 g/mol. The molecule has 6 nitrogen and oxygen atoms in total. The lowest BCUT2D eigenvalue weighted by atomic mass is 9.83. The Balaban J connectivity index is 1.76. The average molecular weight is 394 g/mol. The average Bonchev–Trinajstić information content (AvgIpc) is 3.29. The van der Waals surface area contributed by atoms with Crippen molar-refractivity contribution < 1.29 is 4.79 Å². The lowest BCUT2D eigenvalue weighted by Gasteiger charge is -2.24. The molecule has 144 valence electrons. The molecule has 3 aromatic heterocycles. The molecule has 1 N–H and O–H groups in total. The fraction of sp³-hybridized carbons (Fsp3) is 0.333. The number of benzene rings is 1. The number of nitrogens with one attached hydrogen (secondary N) is 1. The van der Waals surface area contributed by atoms with E-state index in [0.717, 1.165) is 43.9 Å². The van der Waals surface area contributed by atoms with Crippen molar-refractivity contribution in [3.63, 3.8) is 0 Å². The number of carbonyl (C=O) groups excluding carboxylic acids is 1. The van der Waals surface area contributed by atoms with Gasteiger partial charge in [-0.25, -0.2) is 15.0 Å². The molecule has 0 unspecified atom stereocenters. The Morgan fingerprint density at radius 2 is 2.11 bits per heavy atom. The van der Waals surface area contributed by atoms with Crippen LogP contribution in [0.4, 0.5) is 0 Å². The van der Waals surface area contributed by atoms with Crippen molar-refractivity contribution in [3.8, 4) is 10.6 Å². The van der Waals surface area contributed by atoms with Gasteiger partial charge in [-0.3, -0.25) is 4.79 Å². The van der Waals surface area contributed by atoms with E-state index in [1.165, 1.54) is 0 Å². The number of hydrogen-bond donors (Lipinski definition) is 1. The summed E-state index contributed by atoms with van der Waals surface area (Å²) in [6.45, 7) is 6.65. The van der Waals surface area contributed by atoms with Crippen molar-refractivity contribution in [1.82, 2.24) is 24.8 Å². The van der Waals surface area contributed by atoms with Gasteiger partial charge < -0.3 is 9.88 Å². The van der Waals surface area contributed by atoms with Gasteiger partial charge in [-0.05, 0) is 31.9 Å². The molecule has 0 fully saturated rings. The first-order chi connectivity index (χ1) is 13.4. The van der Waals surface area contributed by atoms with E-state index in [2.05, 4.69) is 21.4 Å². The van der Waals surface area contributed by atoms with Crippen molar-refractivity contribution in [2.75, 3.05) is 6.54 Å². The minimum atomic E-state index is -0.616. The second kappa shape index (κ2) is 6.98. The van der Waals surface area contributed by atoms with Gasteiger partial charge in [0.25, 0.3) is 0 Å². The Labute approximate surface area is 167 Å². The van der Waals surface area contributed by atoms with E-state index in [-0.39, 0.29) is 5.91 Å². The van der Waals surface area contributed by atoms with E-state index in [1.54, 1.807) is 23.9 Å². The van der Waals surface area contributed by atoms with Gasteiger partial charge in [-0.15, -0.1) is 0 Å². The van der Waals surface area contributed by atoms with Crippen LogP contribution in [-0.2, 0) is 17.3 Å². The van der Waals surface area contributed by atoms with Crippen LogP contribution in [0.3, 0.4) is 0 Å². The number of amides is 1. The third-order valence-corrected chi connectivity index (χ3v) is 6.05. The molecule has 1 aromatic carbocycles. The Morgan fingerprint density at radius 3 is 2.89 bits per heavy atom. The predicted molar refractivity (Wildman–Crippen MR) is 113 cm³/mol. The van der Waals surface area contributed by atoms with Crippen LogP contribution >= 0.6 is 11.3 Å². The maximum absolute atomic E-state index is 12.6. The second-order valence-corrected chi connectivity index (χ2v) is 8.46. The molecule has 0 saturated heterocycles. The first-order valence-corrected chi connectivity index (χ1v) is 10.2. The number of pyridine rings is 1. The molecule has 4 rings (SSSR count). The lowest BCUT2D eigenvalue weighted by molar-refractivity contribution is -0.125. The van der Waals surface area contributed by atoms with E-state index in [9.17, 15) is 4.79 Å². The third kappa shape index (κ3) is 3.05. The summed E-state index contributed by atoms with van der Waals surface area (Å²) in [5.74, 6) is 0.0362. The molecule has 0 saturated carbocycles. The van der Waals surface area contributed by atoms with E-state index >= 15 is 0 Å². The minimum Gasteiger partial charge on any atom is -0.355 e. The van der Waals surface area contributed by atoms with Crippen LogP contribution in [0.1, 0.15) is 32.8 Å². The van der Waals surface area contributed by atoms with Crippen LogP contribution < -0.4 is 5.32 Å². The normalized spacial score (nSPS) is 12.0. The SMILES string of the molecule is CCCNC(=O)C(C)(C)c1cccc(-c2nc3c(ncc4ncn(C)c43)s2)c1. The zero-order chi connectivity index (χ0) is 19.9. The highest BCUT2D eigenvalue weighted by molar-refractivity contribution is 7.21. The van der Waals surface area contributed by atoms with Crippen LogP contribution in [0.2, 0.25) is 0 Å². The first kappa shape index (κ1) is 18.6. The molecule has 28 heavy (non-hydrogen) atoms. The third-order valence-electron chi connectivity index (χ3n) is 5.04. The first-order valence-electron chi connectivity index (χ1n) is 9.37. The fourth-order valence-corrected chi connectivity index (χ4v) is 4.17. The largest absolute Gasteiger partial charge is 0.355 e. The summed E-state index contributed by atoms with van der Waals surface area (Å²) in [5.41, 5.74) is 4.04. The van der Waals surface area contributed by atoms with Crippen LogP contribution in [-0.4, -0.2) is 32.0 Å². The van der Waals surface area contributed by atoms with E-state index in [4.69, 9.17) is 4.98 Å². The van der Waals surface area contributed by atoms with Crippen molar-refractivity contribution in [1.29, 1.82) is 0 Å². The Bertz CT molecular complexity index is 1170. The van der Waals surface area contributed by atoms with E-state index in [0.29, 0.717) is 6.54 Å². The molecule has 0 aliphatic heterocycles. The Hall–Kier alpha value is -2.80. The predicted octanol–water partition coefficient (Wildman–Crippen LogP) is 4.05. The molecule has 7 heteroatoms. The van der Waals surface area contributed by atoms with Crippen molar-refractivity contribution in [2.45, 2.75) is 32.6 Å². The van der Waals surface area contributed by atoms with Gasteiger partial charge in [0.05, 0.1) is 23.5 Å². The molecule has 3 heterocycles. The molecule has 0 bridgehead atoms. The standard InChI is InChI=1S/C21H23N5OS/c1-5-9-22-20(27)21(2,3)14-8-6-7-13(10-14)18-25-16-17-15(24-12-26(17)4)11-23-19(16)28-18/h6-8,10-12H,5,9H2,1-4H3,(H,22,27). The Morgan fingerprint density at radius 1 is 1.29 bits per heavy atom. The van der Waals surface area contributed by atoms with Gasteiger partial charge in [0.15, 0.2) is 0 Å². The molecular formula is C21H23N5OS. The monoisotopic (exact) mass is 393 g/mol. The van der Waals surface area contributed by atoms with Gasteiger partial charge in [0, 0.05) is 19.2 Å². The van der Waals surface area contributed by atoms with Crippen molar-refractivity contribution >= 4 is 38.6 Å². The molecule has 0 aliphatic rings. The van der Waals surface area contributed by atoms with Crippen LogP contribution in [0.5, 0.6) is 0 Å². The molecule has 0 atom stereocenters. The van der Waals surface area contributed by atoms with Crippen LogP contribution in [0.25, 0.3) is 32.0 Å². The van der Waals surface area contributed by atoms with Crippen LogP contribution in [0, 0.1) is 0 Å². The topological polar surface area (TPSA) is 72.7 Å². The number of hydrogen-bond acceptors (Lipinski definition) is 5. The minimum absolute atomic E-state index is 0.0362. The second-order valence-electron chi connectivity index (χ2n) is 7.48. The number of aromatic nitrogens is 4. The van der Waals surface area contributed by atoms with Crippen LogP contribution in [0.15, 0.2) is 36.8 Å². The Kier molecular flexibility index (Phi) is 4.63. The smallest absolute Gasteiger partial charge is 0.230 e. The molecule has 1 amide bonds. The number of fused-ring (bicyclic) bond motifs is 3. The summed E-state index contributed by atoms with van der Waals surface area (Å²) < 4.78 is 1.97. The number of carbonyl (C=O) groups is 1. The quantitative estimate of drug-likeness (QED) is 0.555. The zero-order valence-electron chi connectivity index (χ0n) is 16.5. The summed E-state index contributed by atoms with van der Waals surface area (Å²) in [6.07, 6.45) is 4.49. The molecule has 0 aliphatic carbocycles. The van der Waals surface area contributed by atoms with Gasteiger partial charge in [0.1, 0.15) is 20.9 Å². The molecule has 0 radical (unpaired) electrons. The van der Waals surface area contributed by atoms with Gasteiger partial charge in [0.2, 0.25) is 5.91 Å². The summed E-state index contributed by atoms with van der Waals surface area (Å²) in [5, 5.41) is 3.90. The number of thiazole rings is 1.